The normalized spacial score (nSPS) is 23.6. The van der Waals surface area contributed by atoms with E-state index >= 15 is 0 Å². The van der Waals surface area contributed by atoms with Gasteiger partial charge in [-0.15, -0.1) is 0 Å². The first-order valence-corrected chi connectivity index (χ1v) is 12.4. The van der Waals surface area contributed by atoms with Crippen molar-refractivity contribution < 1.29 is 33.0 Å². The summed E-state index contributed by atoms with van der Waals surface area (Å²) in [5.41, 5.74) is 3.33. The molecule has 0 bridgehead atoms. The maximum absolute atomic E-state index is 12.8. The number of hydrogen-bond donors (Lipinski definition) is 5. The third-order valence-corrected chi connectivity index (χ3v) is 7.70. The lowest BCUT2D eigenvalue weighted by Gasteiger charge is -2.48. The number of carbonyl (C=O) groups excluding carboxylic acids is 2. The second kappa shape index (κ2) is 11.7. The molecule has 0 atom stereocenters. The molecule has 1 heterocycles. The Balaban J connectivity index is 1.37. The molecule has 8 nitrogen and oxygen atoms in total. The van der Waals surface area contributed by atoms with E-state index in [4.69, 9.17) is 5.73 Å². The second-order valence-corrected chi connectivity index (χ2v) is 10.3. The molecule has 1 saturated heterocycles. The van der Waals surface area contributed by atoms with E-state index in [-0.39, 0.29) is 30.8 Å². The molecule has 2 amide bonds. The third-order valence-electron chi connectivity index (χ3n) is 6.55. The summed E-state index contributed by atoms with van der Waals surface area (Å²) in [6.07, 6.45) is -0.686. The molecule has 198 valence electrons. The van der Waals surface area contributed by atoms with Crippen molar-refractivity contribution in [1.29, 1.82) is 0 Å². The van der Waals surface area contributed by atoms with Gasteiger partial charge in [0, 0.05) is 40.7 Å². The van der Waals surface area contributed by atoms with Crippen molar-refractivity contribution in [2.45, 2.75) is 49.5 Å². The lowest BCUT2D eigenvalue weighted by molar-refractivity contribution is -0.137. The Morgan fingerprint density at radius 2 is 1.94 bits per heavy atom. The first kappa shape index (κ1) is 28.0. The number of rotatable bonds is 9. The highest BCUT2D eigenvalue weighted by Gasteiger charge is 2.41. The minimum atomic E-state index is -4.56. The van der Waals surface area contributed by atoms with Crippen molar-refractivity contribution in [1.82, 2.24) is 15.5 Å². The zero-order chi connectivity index (χ0) is 26.5. The van der Waals surface area contributed by atoms with Crippen LogP contribution in [0.1, 0.15) is 41.6 Å². The average Bonchev–Trinajstić information content (AvgIpc) is 2.83. The van der Waals surface area contributed by atoms with Gasteiger partial charge in [-0.25, -0.2) is 0 Å². The summed E-state index contributed by atoms with van der Waals surface area (Å²) in [6, 6.07) is 4.20. The second-order valence-electron chi connectivity index (χ2n) is 9.06. The number of nitrogens with zero attached hydrogens (tertiary/aromatic N) is 1. The molecule has 1 aliphatic heterocycles. The quantitative estimate of drug-likeness (QED) is 0.332. The maximum Gasteiger partial charge on any atom is 0.416 e. The van der Waals surface area contributed by atoms with Crippen LogP contribution in [0.15, 0.2) is 46.9 Å². The summed E-state index contributed by atoms with van der Waals surface area (Å²) >= 11 is 1.19. The van der Waals surface area contributed by atoms with Gasteiger partial charge in [0.2, 0.25) is 5.91 Å². The number of aliphatic hydroxyl groups excluding tert-OH is 1. The van der Waals surface area contributed by atoms with Crippen LogP contribution in [-0.4, -0.2) is 70.9 Å². The molecule has 36 heavy (non-hydrogen) atoms. The van der Waals surface area contributed by atoms with E-state index in [0.29, 0.717) is 35.7 Å². The number of likely N-dealkylation sites (tertiary alicyclic amines) is 1. The molecule has 2 aliphatic rings. The Morgan fingerprint density at radius 3 is 2.53 bits per heavy atom. The van der Waals surface area contributed by atoms with Gasteiger partial charge in [0.25, 0.3) is 5.91 Å². The number of amides is 2. The largest absolute Gasteiger partial charge is 0.416 e. The molecular formula is C24H31F3N4O4S. The van der Waals surface area contributed by atoms with Crippen LogP contribution in [0.25, 0.3) is 0 Å². The lowest BCUT2D eigenvalue weighted by Crippen LogP contribution is -2.63. The number of nitrogens with one attached hydrogen (secondary N) is 2. The molecule has 1 aromatic carbocycles. The number of carbonyl (C=O) groups is 2. The summed E-state index contributed by atoms with van der Waals surface area (Å²) in [4.78, 5) is 27.6. The highest BCUT2D eigenvalue weighted by Crippen LogP contribution is 2.42. The molecule has 0 radical (unpaired) electrons. The Morgan fingerprint density at radius 1 is 1.28 bits per heavy atom. The van der Waals surface area contributed by atoms with Crippen LogP contribution >= 0.6 is 11.8 Å². The highest BCUT2D eigenvalue weighted by molar-refractivity contribution is 8.06. The summed E-state index contributed by atoms with van der Waals surface area (Å²) in [5.74, 6) is -1.17. The minimum absolute atomic E-state index is 0.0869. The first-order valence-electron chi connectivity index (χ1n) is 11.6. The molecule has 6 N–H and O–H groups in total. The van der Waals surface area contributed by atoms with Crippen LogP contribution in [0.5, 0.6) is 0 Å². The summed E-state index contributed by atoms with van der Waals surface area (Å²) in [7, 11) is 0. The van der Waals surface area contributed by atoms with Gasteiger partial charge < -0.3 is 26.6 Å². The Labute approximate surface area is 211 Å². The highest BCUT2D eigenvalue weighted by atomic mass is 32.2. The standard InChI is InChI=1S/C24H31F3N4O4S/c1-15(36-20(10-28)14-32)23(35)7-5-19(6-8-23)31-12-18(13-31)30-21(33)11-29-22(34)16-3-2-4-17(9-16)24(25,26)27/h2-4,9-10,18-19,32,35H,1,5-8,11-14,28H2,(H,29,34)(H,30,33)/b20-10-. The van der Waals surface area contributed by atoms with E-state index in [2.05, 4.69) is 22.1 Å². The van der Waals surface area contributed by atoms with Gasteiger partial charge in [-0.3, -0.25) is 14.5 Å². The van der Waals surface area contributed by atoms with Crippen molar-refractivity contribution in [3.63, 3.8) is 0 Å². The molecule has 12 heteroatoms. The fourth-order valence-electron chi connectivity index (χ4n) is 4.38. The lowest BCUT2D eigenvalue weighted by atomic mass is 9.80. The zero-order valence-electron chi connectivity index (χ0n) is 19.7. The summed E-state index contributed by atoms with van der Waals surface area (Å²) in [5, 5.41) is 25.4. The van der Waals surface area contributed by atoms with E-state index in [1.807, 2.05) is 0 Å². The van der Waals surface area contributed by atoms with E-state index in [1.165, 1.54) is 24.0 Å². The molecule has 0 spiro atoms. The Hall–Kier alpha value is -2.54. The van der Waals surface area contributed by atoms with Crippen LogP contribution in [0.2, 0.25) is 0 Å². The average molecular weight is 529 g/mol. The minimum Gasteiger partial charge on any atom is -0.404 e. The van der Waals surface area contributed by atoms with Gasteiger partial charge in [-0.1, -0.05) is 24.4 Å². The molecule has 2 fully saturated rings. The topological polar surface area (TPSA) is 128 Å². The molecule has 1 saturated carbocycles. The van der Waals surface area contributed by atoms with Crippen molar-refractivity contribution in [3.8, 4) is 0 Å². The molecule has 1 aromatic rings. The fourth-order valence-corrected chi connectivity index (χ4v) is 5.22. The number of halogens is 3. The SMILES string of the molecule is C=C(S/C(=C\N)CO)C1(O)CCC(N2CC(NC(=O)CNC(=O)c3cccc(C(F)(F)F)c3)C2)CC1. The number of alkyl halides is 3. The first-order chi connectivity index (χ1) is 16.9. The fraction of sp³-hybridized carbons (Fsp3) is 0.500. The smallest absolute Gasteiger partial charge is 0.404 e. The van der Waals surface area contributed by atoms with Gasteiger partial charge in [-0.2, -0.15) is 13.2 Å². The van der Waals surface area contributed by atoms with Crippen LogP contribution in [0.4, 0.5) is 13.2 Å². The summed E-state index contributed by atoms with van der Waals surface area (Å²) < 4.78 is 38.4. The third kappa shape index (κ3) is 7.02. The van der Waals surface area contributed by atoms with Crippen LogP contribution in [-0.2, 0) is 11.0 Å². The van der Waals surface area contributed by atoms with Gasteiger partial charge in [0.05, 0.1) is 30.4 Å². The predicted octanol–water partition coefficient (Wildman–Crippen LogP) is 1.95. The van der Waals surface area contributed by atoms with Crippen LogP contribution in [0.3, 0.4) is 0 Å². The number of thioether (sulfide) groups is 1. The van der Waals surface area contributed by atoms with Gasteiger partial charge in [0.1, 0.15) is 0 Å². The number of aliphatic hydroxyl groups is 2. The predicted molar refractivity (Wildman–Crippen MR) is 131 cm³/mol. The number of hydrogen-bond acceptors (Lipinski definition) is 7. The molecule has 0 unspecified atom stereocenters. The maximum atomic E-state index is 12.8. The van der Waals surface area contributed by atoms with Crippen molar-refractivity contribution in [2.24, 2.45) is 5.73 Å². The van der Waals surface area contributed by atoms with Crippen LogP contribution in [0, 0.1) is 0 Å². The monoisotopic (exact) mass is 528 g/mol. The van der Waals surface area contributed by atoms with Gasteiger partial charge in [0.15, 0.2) is 0 Å². The van der Waals surface area contributed by atoms with Gasteiger partial charge in [-0.05, 0) is 43.9 Å². The molecular weight excluding hydrogens is 497 g/mol. The van der Waals surface area contributed by atoms with E-state index in [1.54, 1.807) is 0 Å². The molecule has 3 rings (SSSR count). The van der Waals surface area contributed by atoms with E-state index < -0.39 is 29.2 Å². The number of benzene rings is 1. The Bertz CT molecular complexity index is 1000. The van der Waals surface area contributed by atoms with E-state index in [9.17, 15) is 33.0 Å². The van der Waals surface area contributed by atoms with Crippen LogP contribution < -0.4 is 16.4 Å². The van der Waals surface area contributed by atoms with Crippen molar-refractivity contribution >= 4 is 23.6 Å². The van der Waals surface area contributed by atoms with E-state index in [0.717, 1.165) is 31.0 Å². The number of nitrogens with two attached hydrogens (primary N) is 1. The van der Waals surface area contributed by atoms with Gasteiger partial charge >= 0.3 is 6.18 Å². The zero-order valence-corrected chi connectivity index (χ0v) is 20.5. The Kier molecular flexibility index (Phi) is 9.09. The van der Waals surface area contributed by atoms with Crippen molar-refractivity contribution in [2.75, 3.05) is 26.2 Å². The summed E-state index contributed by atoms with van der Waals surface area (Å²) in [6.45, 7) is 4.68. The van der Waals surface area contributed by atoms with Crippen molar-refractivity contribution in [3.05, 3.63) is 58.0 Å². The molecule has 0 aromatic heterocycles. The molecule has 1 aliphatic carbocycles.